The number of ether oxygens (including phenoxy) is 2. The molecule has 0 amide bonds. The number of carbonyl (C=O) groups excluding carboxylic acids is 1. The van der Waals surface area contributed by atoms with Crippen LogP contribution in [0, 0.1) is 0 Å². The number of rotatable bonds is 6. The monoisotopic (exact) mass is 378 g/mol. The van der Waals surface area contributed by atoms with Crippen molar-refractivity contribution in [3.05, 3.63) is 89.5 Å². The molecule has 0 fully saturated rings. The Morgan fingerprint density at radius 3 is 2.14 bits per heavy atom. The Labute approximate surface area is 166 Å². The Bertz CT molecular complexity index is 861. The Hall–Kier alpha value is -2.89. The van der Waals surface area contributed by atoms with Crippen molar-refractivity contribution in [1.29, 1.82) is 0 Å². The molecule has 0 unspecified atom stereocenters. The van der Waals surface area contributed by atoms with E-state index in [2.05, 4.69) is 35.9 Å². The summed E-state index contributed by atoms with van der Waals surface area (Å²) in [6, 6.07) is 11.9. The molecule has 5 heteroatoms. The molecular weight excluding hydrogens is 352 g/mol. The van der Waals surface area contributed by atoms with Gasteiger partial charge in [-0.3, -0.25) is 0 Å². The maximum absolute atomic E-state index is 11.5. The van der Waals surface area contributed by atoms with Crippen LogP contribution in [0.2, 0.25) is 0 Å². The van der Waals surface area contributed by atoms with E-state index in [0.29, 0.717) is 12.2 Å². The number of nitrogens with one attached hydrogen (secondary N) is 2. The highest BCUT2D eigenvalue weighted by Gasteiger charge is 2.13. The lowest BCUT2D eigenvalue weighted by Crippen LogP contribution is -2.05. The van der Waals surface area contributed by atoms with Gasteiger partial charge in [-0.2, -0.15) is 0 Å². The summed E-state index contributed by atoms with van der Waals surface area (Å²) >= 11 is 0. The molecule has 2 aliphatic rings. The lowest BCUT2D eigenvalue weighted by molar-refractivity contribution is 0.0549. The number of hydrogen-bond acceptors (Lipinski definition) is 5. The van der Waals surface area contributed by atoms with Crippen LogP contribution in [0.3, 0.4) is 0 Å². The van der Waals surface area contributed by atoms with Crippen molar-refractivity contribution in [1.82, 2.24) is 10.6 Å². The first-order valence-corrected chi connectivity index (χ1v) is 9.38. The van der Waals surface area contributed by atoms with Crippen LogP contribution >= 0.6 is 0 Å². The fraction of sp³-hybridized carbons (Fsp3) is 0.261. The highest BCUT2D eigenvalue weighted by Crippen LogP contribution is 2.21. The van der Waals surface area contributed by atoms with Gasteiger partial charge in [0.05, 0.1) is 5.56 Å². The fourth-order valence-corrected chi connectivity index (χ4v) is 3.16. The minimum absolute atomic E-state index is 0.258. The van der Waals surface area contributed by atoms with Crippen LogP contribution in [0.15, 0.2) is 61.7 Å². The molecule has 0 radical (unpaired) electrons. The summed E-state index contributed by atoms with van der Waals surface area (Å²) in [5, 5.41) is 6.52. The molecule has 28 heavy (non-hydrogen) atoms. The van der Waals surface area contributed by atoms with E-state index < -0.39 is 0 Å². The Kier molecular flexibility index (Phi) is 7.00. The highest BCUT2D eigenvalue weighted by atomic mass is 16.5. The third-order valence-electron chi connectivity index (χ3n) is 4.58. The summed E-state index contributed by atoms with van der Waals surface area (Å²) in [6.45, 7) is 11.6. The van der Waals surface area contributed by atoms with Crippen LogP contribution < -0.4 is 15.4 Å². The van der Waals surface area contributed by atoms with Gasteiger partial charge in [0.1, 0.15) is 19.0 Å². The van der Waals surface area contributed by atoms with E-state index in [4.69, 9.17) is 9.47 Å². The summed E-state index contributed by atoms with van der Waals surface area (Å²) in [6.07, 6.45) is 3.32. The third kappa shape index (κ3) is 5.09. The molecule has 2 aliphatic heterocycles. The number of carbonyl (C=O) groups is 1. The van der Waals surface area contributed by atoms with Gasteiger partial charge < -0.3 is 20.1 Å². The Morgan fingerprint density at radius 1 is 0.857 bits per heavy atom. The SMILES string of the molecule is C=CCOC(=O)c1ccc2c(c1)CNC2.C=CCOc1ccc2c(c1)CNC2. The second-order valence-electron chi connectivity index (χ2n) is 6.61. The minimum atomic E-state index is -0.287. The quantitative estimate of drug-likeness (QED) is 0.595. The zero-order valence-electron chi connectivity index (χ0n) is 16.0. The Balaban J connectivity index is 0.000000162. The van der Waals surface area contributed by atoms with Crippen LogP contribution in [0.4, 0.5) is 0 Å². The Morgan fingerprint density at radius 2 is 1.46 bits per heavy atom. The number of hydrogen-bond donors (Lipinski definition) is 2. The molecular formula is C23H26N2O3. The van der Waals surface area contributed by atoms with Crippen molar-refractivity contribution in [2.75, 3.05) is 13.2 Å². The van der Waals surface area contributed by atoms with E-state index in [1.807, 2.05) is 18.2 Å². The molecule has 2 N–H and O–H groups in total. The predicted molar refractivity (Wildman–Crippen MR) is 110 cm³/mol. The van der Waals surface area contributed by atoms with Crippen LogP contribution in [0.1, 0.15) is 32.6 Å². The molecule has 0 aliphatic carbocycles. The summed E-state index contributed by atoms with van der Waals surface area (Å²) in [5.74, 6) is 0.645. The normalized spacial score (nSPS) is 13.6. The van der Waals surface area contributed by atoms with Gasteiger partial charge in [-0.15, -0.1) is 0 Å². The molecule has 2 heterocycles. The van der Waals surface area contributed by atoms with Gasteiger partial charge >= 0.3 is 5.97 Å². The van der Waals surface area contributed by atoms with E-state index in [1.54, 1.807) is 18.2 Å². The van der Waals surface area contributed by atoms with Gasteiger partial charge in [-0.1, -0.05) is 37.4 Å². The molecule has 146 valence electrons. The van der Waals surface area contributed by atoms with Crippen LogP contribution in [0.5, 0.6) is 5.75 Å². The van der Waals surface area contributed by atoms with Gasteiger partial charge in [0.2, 0.25) is 0 Å². The maximum atomic E-state index is 11.5. The molecule has 0 aromatic heterocycles. The summed E-state index contributed by atoms with van der Waals surface area (Å²) in [4.78, 5) is 11.5. The predicted octanol–water partition coefficient (Wildman–Crippen LogP) is 3.49. The fourth-order valence-electron chi connectivity index (χ4n) is 3.16. The highest BCUT2D eigenvalue weighted by molar-refractivity contribution is 5.89. The zero-order valence-corrected chi connectivity index (χ0v) is 16.0. The molecule has 2 aromatic carbocycles. The van der Waals surface area contributed by atoms with Crippen LogP contribution in [-0.2, 0) is 30.9 Å². The topological polar surface area (TPSA) is 59.6 Å². The minimum Gasteiger partial charge on any atom is -0.490 e. The van der Waals surface area contributed by atoms with Gasteiger partial charge in [-0.25, -0.2) is 4.79 Å². The number of esters is 1. The van der Waals surface area contributed by atoms with Gasteiger partial charge in [-0.05, 0) is 46.5 Å². The van der Waals surface area contributed by atoms with Crippen molar-refractivity contribution in [2.45, 2.75) is 26.2 Å². The largest absolute Gasteiger partial charge is 0.490 e. The first kappa shape index (κ1) is 19.9. The maximum Gasteiger partial charge on any atom is 0.338 e. The van der Waals surface area contributed by atoms with Gasteiger partial charge in [0.15, 0.2) is 0 Å². The lowest BCUT2D eigenvalue weighted by atomic mass is 10.1. The molecule has 0 atom stereocenters. The van der Waals surface area contributed by atoms with Crippen molar-refractivity contribution in [2.24, 2.45) is 0 Å². The molecule has 0 spiro atoms. The van der Waals surface area contributed by atoms with Crippen LogP contribution in [0.25, 0.3) is 0 Å². The summed E-state index contributed by atoms with van der Waals surface area (Å²) < 4.78 is 10.4. The second kappa shape index (κ2) is 9.88. The second-order valence-corrected chi connectivity index (χ2v) is 6.61. The molecule has 0 saturated heterocycles. The van der Waals surface area contributed by atoms with Gasteiger partial charge in [0.25, 0.3) is 0 Å². The van der Waals surface area contributed by atoms with E-state index in [0.717, 1.165) is 31.9 Å². The smallest absolute Gasteiger partial charge is 0.338 e. The van der Waals surface area contributed by atoms with Crippen molar-refractivity contribution in [3.63, 3.8) is 0 Å². The van der Waals surface area contributed by atoms with Gasteiger partial charge in [0, 0.05) is 26.2 Å². The first-order valence-electron chi connectivity index (χ1n) is 9.38. The zero-order chi connectivity index (χ0) is 19.8. The van der Waals surface area contributed by atoms with E-state index >= 15 is 0 Å². The molecule has 4 rings (SSSR count). The lowest BCUT2D eigenvalue weighted by Gasteiger charge is -2.04. The van der Waals surface area contributed by atoms with Crippen molar-refractivity contribution in [3.8, 4) is 5.75 Å². The van der Waals surface area contributed by atoms with E-state index in [9.17, 15) is 4.79 Å². The molecule has 0 saturated carbocycles. The number of fused-ring (bicyclic) bond motifs is 2. The summed E-state index contributed by atoms with van der Waals surface area (Å²) in [7, 11) is 0. The molecule has 5 nitrogen and oxygen atoms in total. The molecule has 0 bridgehead atoms. The van der Waals surface area contributed by atoms with E-state index in [-0.39, 0.29) is 12.6 Å². The van der Waals surface area contributed by atoms with Crippen LogP contribution in [-0.4, -0.2) is 19.2 Å². The van der Waals surface area contributed by atoms with Crippen molar-refractivity contribution < 1.29 is 14.3 Å². The first-order chi connectivity index (χ1) is 13.7. The molecule has 2 aromatic rings. The average molecular weight is 378 g/mol. The van der Waals surface area contributed by atoms with Crippen molar-refractivity contribution >= 4 is 5.97 Å². The third-order valence-corrected chi connectivity index (χ3v) is 4.58. The number of benzene rings is 2. The average Bonchev–Trinajstić information content (AvgIpc) is 3.38. The summed E-state index contributed by atoms with van der Waals surface area (Å²) in [5.41, 5.74) is 5.78. The standard InChI is InChI=1S/C12H13NO2.C11H13NO/c1-2-5-15-12(14)9-3-4-10-7-13-8-11(10)6-9;1-2-5-13-11-4-3-9-7-12-8-10(9)6-11/h2-4,6,13H,1,5,7-8H2;2-4,6,12H,1,5,7-8H2. The van der Waals surface area contributed by atoms with E-state index in [1.165, 1.54) is 22.3 Å².